The van der Waals surface area contributed by atoms with Crippen LogP contribution >= 0.6 is 0 Å². The molecule has 0 fully saturated rings. The van der Waals surface area contributed by atoms with Crippen molar-refractivity contribution in [1.82, 2.24) is 0 Å². The van der Waals surface area contributed by atoms with Crippen LogP contribution in [0.2, 0.25) is 0 Å². The topological polar surface area (TPSA) is 44.8 Å². The van der Waals surface area contributed by atoms with Gasteiger partial charge in [0.1, 0.15) is 28.5 Å². The minimum atomic E-state index is -1.02. The molecule has 4 aliphatic rings. The fraction of sp³-hybridized carbons (Fsp3) is 0.807. The molecule has 0 N–H and O–H groups in total. The third-order valence-corrected chi connectivity index (χ3v) is 16.3. The Hall–Kier alpha value is -2.23. The Labute approximate surface area is 376 Å². The van der Waals surface area contributed by atoms with E-state index in [2.05, 4.69) is 90.0 Å². The molecule has 1 aromatic carbocycles. The largest absolute Gasteiger partial charge is 0.487 e. The summed E-state index contributed by atoms with van der Waals surface area (Å²) in [4.78, 5) is 14.6. The van der Waals surface area contributed by atoms with E-state index in [9.17, 15) is 4.79 Å². The van der Waals surface area contributed by atoms with Gasteiger partial charge in [-0.25, -0.2) is 0 Å². The molecule has 0 aromatic heterocycles. The van der Waals surface area contributed by atoms with E-state index >= 15 is 0 Å². The van der Waals surface area contributed by atoms with Crippen LogP contribution in [0.3, 0.4) is 0 Å². The minimum Gasteiger partial charge on any atom is -0.487 e. The molecule has 4 heteroatoms. The fourth-order valence-electron chi connectivity index (χ4n) is 11.5. The van der Waals surface area contributed by atoms with Crippen molar-refractivity contribution in [3.05, 3.63) is 44.7 Å². The van der Waals surface area contributed by atoms with E-state index in [-0.39, 0.29) is 17.0 Å². The number of ketones is 1. The SMILES string of the molecule is CC1=C(C)C2=C(CCC(C)(CCCC(C)CCCC(C)CCCC(C)C)O2)C2(Cc3c4c(c(C)c(C)c3O2)OC(C)(CCCC(C)CCCC(C)CCCC(C)C)CC4)C1=O. The summed E-state index contributed by atoms with van der Waals surface area (Å²) in [5.74, 6) is 7.90. The van der Waals surface area contributed by atoms with Crippen molar-refractivity contribution in [3.63, 3.8) is 0 Å². The van der Waals surface area contributed by atoms with Crippen LogP contribution in [0.5, 0.6) is 11.5 Å². The van der Waals surface area contributed by atoms with Crippen LogP contribution in [0, 0.1) is 49.4 Å². The van der Waals surface area contributed by atoms with Gasteiger partial charge in [0.05, 0.1) is 0 Å². The number of benzene rings is 1. The molecule has 4 nitrogen and oxygen atoms in total. The fourth-order valence-corrected chi connectivity index (χ4v) is 11.5. The summed E-state index contributed by atoms with van der Waals surface area (Å²) in [5.41, 5.74) is 6.23. The van der Waals surface area contributed by atoms with Gasteiger partial charge in [-0.05, 0) is 145 Å². The maximum absolute atomic E-state index is 14.6. The van der Waals surface area contributed by atoms with Crippen LogP contribution in [0.1, 0.15) is 240 Å². The van der Waals surface area contributed by atoms with Crippen LogP contribution in [-0.2, 0) is 22.4 Å². The van der Waals surface area contributed by atoms with E-state index in [4.69, 9.17) is 14.2 Å². The highest BCUT2D eigenvalue weighted by molar-refractivity contribution is 6.07. The van der Waals surface area contributed by atoms with E-state index in [1.54, 1.807) is 0 Å². The highest BCUT2D eigenvalue weighted by atomic mass is 16.5. The van der Waals surface area contributed by atoms with Crippen molar-refractivity contribution in [2.24, 2.45) is 35.5 Å². The number of carbonyl (C=O) groups is 1. The summed E-state index contributed by atoms with van der Waals surface area (Å²) >= 11 is 0. The normalized spacial score (nSPS) is 25.6. The molecule has 0 saturated heterocycles. The Morgan fingerprint density at radius 1 is 0.492 bits per heavy atom. The highest BCUT2D eigenvalue weighted by Gasteiger charge is 2.57. The predicted molar refractivity (Wildman–Crippen MR) is 259 cm³/mol. The molecule has 0 amide bonds. The number of allylic oxidation sites excluding steroid dienone is 1. The molecule has 0 bridgehead atoms. The molecule has 0 saturated carbocycles. The molecule has 5 rings (SSSR count). The first-order valence-electron chi connectivity index (χ1n) is 26.0. The highest BCUT2D eigenvalue weighted by Crippen LogP contribution is 2.56. The van der Waals surface area contributed by atoms with Crippen molar-refractivity contribution in [3.8, 4) is 11.5 Å². The van der Waals surface area contributed by atoms with Crippen LogP contribution < -0.4 is 9.47 Å². The van der Waals surface area contributed by atoms with Gasteiger partial charge in [-0.3, -0.25) is 4.79 Å². The summed E-state index contributed by atoms with van der Waals surface area (Å²) in [5, 5.41) is 0. The lowest BCUT2D eigenvalue weighted by Crippen LogP contribution is -2.51. The van der Waals surface area contributed by atoms with Crippen molar-refractivity contribution >= 4 is 5.78 Å². The van der Waals surface area contributed by atoms with Crippen LogP contribution in [0.4, 0.5) is 0 Å². The Morgan fingerprint density at radius 2 is 0.902 bits per heavy atom. The summed E-state index contributed by atoms with van der Waals surface area (Å²) in [6.45, 7) is 32.3. The number of fused-ring (bicyclic) bond motifs is 4. The van der Waals surface area contributed by atoms with Gasteiger partial charge in [0.15, 0.2) is 5.60 Å². The third-order valence-electron chi connectivity index (χ3n) is 16.3. The van der Waals surface area contributed by atoms with Crippen molar-refractivity contribution < 1.29 is 19.0 Å². The molecule has 346 valence electrons. The zero-order chi connectivity index (χ0) is 44.7. The van der Waals surface area contributed by atoms with Crippen LogP contribution in [0.15, 0.2) is 22.5 Å². The monoisotopic (exact) mass is 843 g/mol. The zero-order valence-electron chi connectivity index (χ0n) is 42.4. The van der Waals surface area contributed by atoms with Gasteiger partial charge in [0.25, 0.3) is 0 Å². The standard InChI is InChI=1S/C57H94O4/c1-38(2)21-15-23-40(5)25-17-27-42(7)29-19-33-55(13)35-31-48-49-37-57(61-52(49)45(10)44(9)51(48)59-55)50-32-36-56(14,60-53(50)46(11)47(12)54(57)58)34-20-30-43(8)28-18-26-41(6)24-16-22-39(3)4/h38-43H,15-37H2,1-14H3. The first kappa shape index (κ1) is 49.8. The summed E-state index contributed by atoms with van der Waals surface area (Å²) in [6, 6.07) is 0. The van der Waals surface area contributed by atoms with Crippen molar-refractivity contribution in [2.45, 2.75) is 261 Å². The molecule has 3 aliphatic heterocycles. The Bertz CT molecular complexity index is 1690. The number of Topliss-reactive ketones (excluding diaryl/α,β-unsaturated/α-hetero) is 1. The number of hydrogen-bond acceptors (Lipinski definition) is 4. The van der Waals surface area contributed by atoms with E-state index in [1.807, 2.05) is 6.92 Å². The van der Waals surface area contributed by atoms with Gasteiger partial charge >= 0.3 is 0 Å². The predicted octanol–water partition coefficient (Wildman–Crippen LogP) is 16.7. The lowest BCUT2D eigenvalue weighted by molar-refractivity contribution is -0.128. The van der Waals surface area contributed by atoms with Gasteiger partial charge in [-0.1, -0.05) is 145 Å². The lowest BCUT2D eigenvalue weighted by Gasteiger charge is -2.44. The number of hydrogen-bond donors (Lipinski definition) is 0. The number of ether oxygens (including phenoxy) is 3. The molecule has 1 aliphatic carbocycles. The number of carbonyl (C=O) groups excluding carboxylic acids is 1. The second-order valence-corrected chi connectivity index (χ2v) is 23.2. The van der Waals surface area contributed by atoms with E-state index in [0.29, 0.717) is 6.42 Å². The Balaban J connectivity index is 1.18. The van der Waals surface area contributed by atoms with Gasteiger partial charge in [0.2, 0.25) is 5.78 Å². The zero-order valence-corrected chi connectivity index (χ0v) is 42.4. The van der Waals surface area contributed by atoms with Crippen LogP contribution in [-0.4, -0.2) is 22.6 Å². The van der Waals surface area contributed by atoms with Crippen molar-refractivity contribution in [2.75, 3.05) is 0 Å². The Morgan fingerprint density at radius 3 is 1.38 bits per heavy atom. The average molecular weight is 843 g/mol. The maximum atomic E-state index is 14.6. The second-order valence-electron chi connectivity index (χ2n) is 23.2. The summed E-state index contributed by atoms with van der Waals surface area (Å²) in [6.07, 6.45) is 27.7. The average Bonchev–Trinajstić information content (AvgIpc) is 3.60. The van der Waals surface area contributed by atoms with Gasteiger partial charge < -0.3 is 14.2 Å². The lowest BCUT2D eigenvalue weighted by atomic mass is 9.71. The van der Waals surface area contributed by atoms with E-state index in [1.165, 1.54) is 119 Å². The minimum absolute atomic E-state index is 0.122. The van der Waals surface area contributed by atoms with Gasteiger partial charge in [0, 0.05) is 28.7 Å². The maximum Gasteiger partial charge on any atom is 0.207 e. The molecule has 1 aromatic rings. The third kappa shape index (κ3) is 12.5. The van der Waals surface area contributed by atoms with Gasteiger partial charge in [-0.15, -0.1) is 0 Å². The number of rotatable bonds is 24. The molecule has 61 heavy (non-hydrogen) atoms. The summed E-state index contributed by atoms with van der Waals surface area (Å²) in [7, 11) is 0. The first-order valence-corrected chi connectivity index (χ1v) is 26.0. The molecule has 7 atom stereocenters. The Kier molecular flexibility index (Phi) is 17.7. The molecule has 0 radical (unpaired) electrons. The quantitative estimate of drug-likeness (QED) is 0.104. The van der Waals surface area contributed by atoms with Gasteiger partial charge in [-0.2, -0.15) is 0 Å². The first-order chi connectivity index (χ1) is 28.8. The smallest absolute Gasteiger partial charge is 0.207 e. The molecule has 7 unspecified atom stereocenters. The second kappa shape index (κ2) is 21.6. The van der Waals surface area contributed by atoms with E-state index in [0.717, 1.165) is 114 Å². The van der Waals surface area contributed by atoms with Crippen LogP contribution in [0.25, 0.3) is 0 Å². The van der Waals surface area contributed by atoms with Crippen molar-refractivity contribution in [1.29, 1.82) is 0 Å². The molecule has 3 heterocycles. The summed E-state index contributed by atoms with van der Waals surface area (Å²) < 4.78 is 21.3. The molecular formula is C57H94O4. The molecular weight excluding hydrogens is 749 g/mol. The molecule has 1 spiro atoms. The van der Waals surface area contributed by atoms with E-state index < -0.39 is 5.60 Å².